The second-order valence-electron chi connectivity index (χ2n) is 6.01. The zero-order valence-corrected chi connectivity index (χ0v) is 12.6. The van der Waals surface area contributed by atoms with Gasteiger partial charge >= 0.3 is 0 Å². The molecule has 0 aromatic heterocycles. The van der Waals surface area contributed by atoms with Crippen LogP contribution in [0.5, 0.6) is 0 Å². The third kappa shape index (κ3) is 3.24. The number of aliphatic hydroxyl groups is 1. The van der Waals surface area contributed by atoms with Gasteiger partial charge in [0.2, 0.25) is 0 Å². The summed E-state index contributed by atoms with van der Waals surface area (Å²) in [5.41, 5.74) is 0.432. The molecule has 1 N–H and O–H groups in total. The predicted octanol–water partition coefficient (Wildman–Crippen LogP) is 3.49. The lowest BCUT2D eigenvalue weighted by Crippen LogP contribution is -2.45. The monoisotopic (exact) mass is 314 g/mol. The zero-order chi connectivity index (χ0) is 14.9. The number of benzene rings is 1. The van der Waals surface area contributed by atoms with Crippen molar-refractivity contribution in [1.82, 2.24) is 0 Å². The molecule has 2 atom stereocenters. The highest BCUT2D eigenvalue weighted by Crippen LogP contribution is 2.42. The lowest BCUT2D eigenvalue weighted by molar-refractivity contribution is -0.159. The molecule has 3 nitrogen and oxygen atoms in total. The molecule has 0 amide bonds. The largest absolute Gasteiger partial charge is 0.388 e. The molecule has 0 bridgehead atoms. The molecule has 0 radical (unpaired) electrons. The van der Waals surface area contributed by atoms with E-state index in [0.29, 0.717) is 25.4 Å². The van der Waals surface area contributed by atoms with Crippen LogP contribution in [-0.2, 0) is 9.47 Å². The Hall–Kier alpha value is -0.680. The van der Waals surface area contributed by atoms with Crippen molar-refractivity contribution in [2.75, 3.05) is 19.8 Å². The van der Waals surface area contributed by atoms with Gasteiger partial charge in [-0.1, -0.05) is 17.7 Å². The fraction of sp³-hybridized carbons (Fsp3) is 0.625. The van der Waals surface area contributed by atoms with Crippen molar-refractivity contribution in [3.8, 4) is 0 Å². The van der Waals surface area contributed by atoms with Crippen molar-refractivity contribution in [2.24, 2.45) is 5.92 Å². The van der Waals surface area contributed by atoms with Crippen LogP contribution in [0.25, 0.3) is 0 Å². The van der Waals surface area contributed by atoms with E-state index in [0.717, 1.165) is 25.7 Å². The molecule has 21 heavy (non-hydrogen) atoms. The maximum atomic E-state index is 13.1. The van der Waals surface area contributed by atoms with Gasteiger partial charge in [-0.15, -0.1) is 0 Å². The summed E-state index contributed by atoms with van der Waals surface area (Å²) in [4.78, 5) is 0. The van der Waals surface area contributed by atoms with Crippen LogP contribution in [0.15, 0.2) is 18.2 Å². The van der Waals surface area contributed by atoms with Crippen molar-refractivity contribution in [2.45, 2.75) is 37.4 Å². The van der Waals surface area contributed by atoms with Gasteiger partial charge in [-0.05, 0) is 49.3 Å². The Morgan fingerprint density at radius 3 is 2.76 bits per heavy atom. The molecule has 116 valence electrons. The summed E-state index contributed by atoms with van der Waals surface area (Å²) in [7, 11) is 0. The van der Waals surface area contributed by atoms with E-state index in [1.807, 2.05) is 0 Å². The third-order valence-electron chi connectivity index (χ3n) is 4.66. The summed E-state index contributed by atoms with van der Waals surface area (Å²) < 4.78 is 24.5. The molecular weight excluding hydrogens is 295 g/mol. The Kier molecular flexibility index (Phi) is 4.50. The number of hydrogen-bond acceptors (Lipinski definition) is 3. The molecule has 2 fully saturated rings. The van der Waals surface area contributed by atoms with Crippen molar-refractivity contribution in [1.29, 1.82) is 0 Å². The minimum Gasteiger partial charge on any atom is -0.388 e. The van der Waals surface area contributed by atoms with E-state index in [9.17, 15) is 9.50 Å². The van der Waals surface area contributed by atoms with Gasteiger partial charge in [-0.25, -0.2) is 4.39 Å². The van der Waals surface area contributed by atoms with E-state index in [-0.39, 0.29) is 22.4 Å². The summed E-state index contributed by atoms with van der Waals surface area (Å²) in [6.45, 7) is 2.06. The Balaban J connectivity index is 1.76. The van der Waals surface area contributed by atoms with Crippen LogP contribution in [0.3, 0.4) is 0 Å². The maximum Gasteiger partial charge on any atom is 0.124 e. The standard InChI is InChI=1S/C16H20ClFO3/c17-14-9-12(18)1-2-13(14)15(19)11-3-6-21-16(10-11)4-7-20-8-5-16/h1-2,9,11,15,19H,3-8,10H2. The summed E-state index contributed by atoms with van der Waals surface area (Å²) in [6, 6.07) is 4.17. The third-order valence-corrected chi connectivity index (χ3v) is 4.99. The molecule has 0 saturated carbocycles. The van der Waals surface area contributed by atoms with Crippen LogP contribution in [0.2, 0.25) is 5.02 Å². The molecule has 2 unspecified atom stereocenters. The van der Waals surface area contributed by atoms with Crippen LogP contribution in [0.4, 0.5) is 4.39 Å². The Labute approximate surface area is 129 Å². The molecule has 1 aromatic carbocycles. The van der Waals surface area contributed by atoms with E-state index in [1.54, 1.807) is 6.07 Å². The fourth-order valence-corrected chi connectivity index (χ4v) is 3.70. The molecule has 1 aromatic rings. The number of ether oxygens (including phenoxy) is 2. The summed E-state index contributed by atoms with van der Waals surface area (Å²) in [6.07, 6.45) is 2.64. The van der Waals surface area contributed by atoms with Crippen LogP contribution in [0.1, 0.15) is 37.4 Å². The molecule has 1 spiro atoms. The minimum absolute atomic E-state index is 0.0832. The van der Waals surface area contributed by atoms with Gasteiger partial charge in [0.25, 0.3) is 0 Å². The summed E-state index contributed by atoms with van der Waals surface area (Å²) in [5, 5.41) is 10.9. The molecule has 2 saturated heterocycles. The number of halogens is 2. The highest BCUT2D eigenvalue weighted by molar-refractivity contribution is 6.31. The van der Waals surface area contributed by atoms with Gasteiger partial charge in [0.05, 0.1) is 11.7 Å². The first-order valence-electron chi connectivity index (χ1n) is 7.44. The van der Waals surface area contributed by atoms with Crippen molar-refractivity contribution >= 4 is 11.6 Å². The molecule has 2 aliphatic heterocycles. The van der Waals surface area contributed by atoms with Gasteiger partial charge < -0.3 is 14.6 Å². The van der Waals surface area contributed by atoms with Crippen LogP contribution in [0, 0.1) is 11.7 Å². The average Bonchev–Trinajstić information content (AvgIpc) is 2.47. The van der Waals surface area contributed by atoms with Crippen molar-refractivity contribution in [3.05, 3.63) is 34.6 Å². The fourth-order valence-electron chi connectivity index (χ4n) is 3.42. The van der Waals surface area contributed by atoms with Crippen LogP contribution < -0.4 is 0 Å². The quantitative estimate of drug-likeness (QED) is 0.908. The van der Waals surface area contributed by atoms with Crippen LogP contribution >= 0.6 is 11.6 Å². The minimum atomic E-state index is -0.679. The topological polar surface area (TPSA) is 38.7 Å². The summed E-state index contributed by atoms with van der Waals surface area (Å²) in [5.74, 6) is -0.302. The predicted molar refractivity (Wildman–Crippen MR) is 77.8 cm³/mol. The van der Waals surface area contributed by atoms with E-state index >= 15 is 0 Å². The highest BCUT2D eigenvalue weighted by atomic mass is 35.5. The van der Waals surface area contributed by atoms with Crippen LogP contribution in [-0.4, -0.2) is 30.5 Å². The summed E-state index contributed by atoms with van der Waals surface area (Å²) >= 11 is 6.07. The Bertz CT molecular complexity index is 497. The number of rotatable bonds is 2. The van der Waals surface area contributed by atoms with Gasteiger partial charge in [-0.2, -0.15) is 0 Å². The molecule has 5 heteroatoms. The number of aliphatic hydroxyl groups excluding tert-OH is 1. The highest BCUT2D eigenvalue weighted by Gasteiger charge is 2.41. The van der Waals surface area contributed by atoms with Crippen molar-refractivity contribution < 1.29 is 19.0 Å². The first kappa shape index (κ1) is 15.2. The van der Waals surface area contributed by atoms with E-state index in [2.05, 4.69) is 0 Å². The maximum absolute atomic E-state index is 13.1. The lowest BCUT2D eigenvalue weighted by Gasteiger charge is -2.44. The molecule has 2 aliphatic rings. The van der Waals surface area contributed by atoms with Crippen molar-refractivity contribution in [3.63, 3.8) is 0 Å². The molecular formula is C16H20ClFO3. The smallest absolute Gasteiger partial charge is 0.124 e. The van der Waals surface area contributed by atoms with E-state index in [4.69, 9.17) is 21.1 Å². The Morgan fingerprint density at radius 1 is 1.29 bits per heavy atom. The van der Waals surface area contributed by atoms with E-state index < -0.39 is 6.10 Å². The first-order chi connectivity index (χ1) is 10.1. The van der Waals surface area contributed by atoms with Gasteiger partial charge in [-0.3, -0.25) is 0 Å². The number of hydrogen-bond donors (Lipinski definition) is 1. The normalized spacial score (nSPS) is 26.7. The van der Waals surface area contributed by atoms with Gasteiger partial charge in [0, 0.05) is 24.8 Å². The molecule has 2 heterocycles. The SMILES string of the molecule is OC(c1ccc(F)cc1Cl)C1CCOC2(CCOCC2)C1. The van der Waals surface area contributed by atoms with Gasteiger partial charge in [0.15, 0.2) is 0 Å². The first-order valence-corrected chi connectivity index (χ1v) is 7.82. The van der Waals surface area contributed by atoms with Gasteiger partial charge in [0.1, 0.15) is 5.82 Å². The van der Waals surface area contributed by atoms with E-state index in [1.165, 1.54) is 12.1 Å². The second kappa shape index (κ2) is 6.21. The average molecular weight is 315 g/mol. The molecule has 0 aliphatic carbocycles. The Morgan fingerprint density at radius 2 is 2.05 bits per heavy atom. The second-order valence-corrected chi connectivity index (χ2v) is 6.41. The lowest BCUT2D eigenvalue weighted by atomic mass is 9.77. The molecule has 3 rings (SSSR count). The zero-order valence-electron chi connectivity index (χ0n) is 11.9.